The quantitative estimate of drug-likeness (QED) is 0.812. The topological polar surface area (TPSA) is 40.5 Å². The molecule has 94 valence electrons. The highest BCUT2D eigenvalue weighted by atomic mass is 16.5. The molecule has 0 heterocycles. The summed E-state index contributed by atoms with van der Waals surface area (Å²) in [6.45, 7) is 3.27. The molecule has 0 spiro atoms. The minimum atomic E-state index is -1.84. The summed E-state index contributed by atoms with van der Waals surface area (Å²) >= 11 is 0. The molecule has 2 aromatic carbocycles. The minimum absolute atomic E-state index is 0.866. The maximum Gasteiger partial charge on any atom is 0.173 e. The van der Waals surface area contributed by atoms with Crippen LogP contribution in [-0.2, 0) is 5.41 Å². The molecule has 0 aliphatic heterocycles. The first-order chi connectivity index (χ1) is 8.46. The van der Waals surface area contributed by atoms with Crippen molar-refractivity contribution in [2.45, 2.75) is 25.0 Å². The molecule has 0 saturated heterocycles. The SMILES string of the molecule is CC(O)(O)C(C)(c1ccccc1)c1ccccc1. The highest BCUT2D eigenvalue weighted by Gasteiger charge is 2.44. The molecule has 0 fully saturated rings. The predicted molar refractivity (Wildman–Crippen MR) is 72.2 cm³/mol. The van der Waals surface area contributed by atoms with Crippen LogP contribution in [0, 0.1) is 0 Å². The number of aliphatic hydroxyl groups is 2. The summed E-state index contributed by atoms with van der Waals surface area (Å²) in [7, 11) is 0. The maximum atomic E-state index is 10.2. The maximum absolute atomic E-state index is 10.2. The van der Waals surface area contributed by atoms with Crippen molar-refractivity contribution in [2.75, 3.05) is 0 Å². The van der Waals surface area contributed by atoms with E-state index in [0.717, 1.165) is 11.1 Å². The van der Waals surface area contributed by atoms with Gasteiger partial charge < -0.3 is 10.2 Å². The second-order valence-corrected chi connectivity index (χ2v) is 4.88. The first kappa shape index (κ1) is 12.8. The Balaban J connectivity index is 2.63. The largest absolute Gasteiger partial charge is 0.365 e. The molecule has 0 atom stereocenters. The van der Waals surface area contributed by atoms with E-state index >= 15 is 0 Å². The van der Waals surface area contributed by atoms with Crippen molar-refractivity contribution in [1.29, 1.82) is 0 Å². The van der Waals surface area contributed by atoms with Gasteiger partial charge in [0.2, 0.25) is 0 Å². The summed E-state index contributed by atoms with van der Waals surface area (Å²) in [6, 6.07) is 19.1. The molecule has 0 aliphatic rings. The first-order valence-electron chi connectivity index (χ1n) is 6.02. The highest BCUT2D eigenvalue weighted by Crippen LogP contribution is 2.39. The van der Waals surface area contributed by atoms with Gasteiger partial charge in [0.25, 0.3) is 0 Å². The van der Waals surface area contributed by atoms with Crippen molar-refractivity contribution in [3.8, 4) is 0 Å². The Morgan fingerprint density at radius 2 is 1.00 bits per heavy atom. The third-order valence-electron chi connectivity index (χ3n) is 3.65. The van der Waals surface area contributed by atoms with Gasteiger partial charge >= 0.3 is 0 Å². The number of benzene rings is 2. The standard InChI is InChI=1S/C16H18O2/c1-15(16(2,17)18,13-9-5-3-6-10-13)14-11-7-4-8-12-14/h3-12,17-18H,1-2H3. The molecule has 2 aromatic rings. The number of hydrogen-bond donors (Lipinski definition) is 2. The first-order valence-corrected chi connectivity index (χ1v) is 6.02. The molecule has 0 amide bonds. The van der Waals surface area contributed by atoms with E-state index in [9.17, 15) is 10.2 Å². The molecule has 0 radical (unpaired) electrons. The van der Waals surface area contributed by atoms with Crippen LogP contribution >= 0.6 is 0 Å². The zero-order valence-electron chi connectivity index (χ0n) is 10.7. The monoisotopic (exact) mass is 242 g/mol. The van der Waals surface area contributed by atoms with Crippen LogP contribution in [0.5, 0.6) is 0 Å². The van der Waals surface area contributed by atoms with Gasteiger partial charge in [-0.05, 0) is 25.0 Å². The number of rotatable bonds is 3. The lowest BCUT2D eigenvalue weighted by Crippen LogP contribution is -2.48. The fraction of sp³-hybridized carbons (Fsp3) is 0.250. The van der Waals surface area contributed by atoms with Gasteiger partial charge in [-0.15, -0.1) is 0 Å². The molecule has 0 aliphatic carbocycles. The Labute approximate surface area is 108 Å². The van der Waals surface area contributed by atoms with E-state index in [1.165, 1.54) is 6.92 Å². The van der Waals surface area contributed by atoms with Gasteiger partial charge in [0.1, 0.15) is 0 Å². The second-order valence-electron chi connectivity index (χ2n) is 4.88. The summed E-state index contributed by atoms with van der Waals surface area (Å²) in [5.41, 5.74) is 0.891. The summed E-state index contributed by atoms with van der Waals surface area (Å²) < 4.78 is 0. The average Bonchev–Trinajstić information content (AvgIpc) is 2.38. The lowest BCUT2D eigenvalue weighted by molar-refractivity contribution is -0.183. The Morgan fingerprint density at radius 1 is 0.667 bits per heavy atom. The molecule has 18 heavy (non-hydrogen) atoms. The Morgan fingerprint density at radius 3 is 1.28 bits per heavy atom. The fourth-order valence-corrected chi connectivity index (χ4v) is 2.26. The van der Waals surface area contributed by atoms with Gasteiger partial charge in [-0.1, -0.05) is 60.7 Å². The van der Waals surface area contributed by atoms with E-state index in [-0.39, 0.29) is 0 Å². The van der Waals surface area contributed by atoms with E-state index in [1.54, 1.807) is 0 Å². The molecule has 0 aromatic heterocycles. The van der Waals surface area contributed by atoms with Crippen molar-refractivity contribution in [2.24, 2.45) is 0 Å². The van der Waals surface area contributed by atoms with Crippen LogP contribution in [0.15, 0.2) is 60.7 Å². The highest BCUT2D eigenvalue weighted by molar-refractivity contribution is 5.40. The normalized spacial score (nSPS) is 12.4. The zero-order valence-corrected chi connectivity index (χ0v) is 10.7. The summed E-state index contributed by atoms with van der Waals surface area (Å²) in [5, 5.41) is 20.4. The summed E-state index contributed by atoms with van der Waals surface area (Å²) in [5.74, 6) is -1.84. The summed E-state index contributed by atoms with van der Waals surface area (Å²) in [6.07, 6.45) is 0. The number of hydrogen-bond acceptors (Lipinski definition) is 2. The van der Waals surface area contributed by atoms with Crippen LogP contribution in [0.3, 0.4) is 0 Å². The van der Waals surface area contributed by atoms with Crippen LogP contribution < -0.4 is 0 Å². The van der Waals surface area contributed by atoms with Crippen molar-refractivity contribution in [1.82, 2.24) is 0 Å². The molecule has 2 N–H and O–H groups in total. The van der Waals surface area contributed by atoms with Gasteiger partial charge in [0.05, 0.1) is 5.41 Å². The third-order valence-corrected chi connectivity index (χ3v) is 3.65. The van der Waals surface area contributed by atoms with E-state index in [2.05, 4.69) is 0 Å². The van der Waals surface area contributed by atoms with Crippen molar-refractivity contribution in [3.05, 3.63) is 71.8 Å². The van der Waals surface area contributed by atoms with E-state index in [4.69, 9.17) is 0 Å². The second kappa shape index (κ2) is 4.56. The van der Waals surface area contributed by atoms with Crippen molar-refractivity contribution >= 4 is 0 Å². The van der Waals surface area contributed by atoms with Gasteiger partial charge in [0.15, 0.2) is 5.79 Å². The van der Waals surface area contributed by atoms with Crippen LogP contribution in [0.2, 0.25) is 0 Å². The van der Waals surface area contributed by atoms with E-state index < -0.39 is 11.2 Å². The van der Waals surface area contributed by atoms with Gasteiger partial charge in [-0.25, -0.2) is 0 Å². The third kappa shape index (κ3) is 2.05. The van der Waals surface area contributed by atoms with Gasteiger partial charge in [-0.2, -0.15) is 0 Å². The van der Waals surface area contributed by atoms with E-state index in [1.807, 2.05) is 67.6 Å². The molecule has 0 unspecified atom stereocenters. The molecular weight excluding hydrogens is 224 g/mol. The van der Waals surface area contributed by atoms with Crippen LogP contribution in [0.25, 0.3) is 0 Å². The van der Waals surface area contributed by atoms with Crippen LogP contribution in [0.4, 0.5) is 0 Å². The summed E-state index contributed by atoms with van der Waals surface area (Å²) in [4.78, 5) is 0. The lowest BCUT2D eigenvalue weighted by Gasteiger charge is -2.40. The van der Waals surface area contributed by atoms with Gasteiger partial charge in [0, 0.05) is 0 Å². The smallest absolute Gasteiger partial charge is 0.173 e. The molecule has 0 saturated carbocycles. The molecular formula is C16H18O2. The molecule has 2 heteroatoms. The fourth-order valence-electron chi connectivity index (χ4n) is 2.26. The molecule has 0 bridgehead atoms. The molecule has 2 nitrogen and oxygen atoms in total. The predicted octanol–water partition coefficient (Wildman–Crippen LogP) is 2.69. The molecule has 2 rings (SSSR count). The Kier molecular flexibility index (Phi) is 3.24. The van der Waals surface area contributed by atoms with Gasteiger partial charge in [-0.3, -0.25) is 0 Å². The van der Waals surface area contributed by atoms with Crippen LogP contribution in [0.1, 0.15) is 25.0 Å². The average molecular weight is 242 g/mol. The van der Waals surface area contributed by atoms with Crippen LogP contribution in [-0.4, -0.2) is 16.0 Å². The Hall–Kier alpha value is -1.64. The van der Waals surface area contributed by atoms with Crippen molar-refractivity contribution < 1.29 is 10.2 Å². The minimum Gasteiger partial charge on any atom is -0.365 e. The van der Waals surface area contributed by atoms with Crippen molar-refractivity contribution in [3.63, 3.8) is 0 Å². The Bertz CT molecular complexity index is 458. The van der Waals surface area contributed by atoms with E-state index in [0.29, 0.717) is 0 Å². The zero-order chi connectivity index (χ0) is 13.2. The lowest BCUT2D eigenvalue weighted by atomic mass is 9.70.